The van der Waals surface area contributed by atoms with Gasteiger partial charge in [-0.05, 0) is 48.2 Å². The van der Waals surface area contributed by atoms with Crippen LogP contribution in [-0.4, -0.2) is 25.0 Å². The molecule has 0 aromatic heterocycles. The van der Waals surface area contributed by atoms with Gasteiger partial charge < -0.3 is 10.6 Å². The van der Waals surface area contributed by atoms with E-state index in [4.69, 9.17) is 5.73 Å². The number of likely N-dealkylation sites (tertiary alicyclic amines) is 1. The van der Waals surface area contributed by atoms with E-state index in [-0.39, 0.29) is 0 Å². The van der Waals surface area contributed by atoms with Gasteiger partial charge in [0.2, 0.25) is 0 Å². The molecule has 1 aliphatic rings. The van der Waals surface area contributed by atoms with E-state index in [1.165, 1.54) is 41.8 Å². The first-order valence-electron chi connectivity index (χ1n) is 7.34. The summed E-state index contributed by atoms with van der Waals surface area (Å²) in [5.41, 5.74) is 10.9. The molecule has 2 aromatic carbocycles. The lowest BCUT2D eigenvalue weighted by Gasteiger charge is -2.12. The molecule has 0 aliphatic carbocycles. The summed E-state index contributed by atoms with van der Waals surface area (Å²) in [6.07, 6.45) is 1.27. The Hall–Kier alpha value is -1.64. The third-order valence-electron chi connectivity index (χ3n) is 4.27. The van der Waals surface area contributed by atoms with Crippen molar-refractivity contribution in [1.82, 2.24) is 4.90 Å². The maximum absolute atomic E-state index is 5.65. The molecule has 3 rings (SSSR count). The van der Waals surface area contributed by atoms with E-state index in [1.54, 1.807) is 0 Å². The molecule has 1 heterocycles. The highest BCUT2D eigenvalue weighted by Crippen LogP contribution is 2.29. The summed E-state index contributed by atoms with van der Waals surface area (Å²) in [5.74, 6) is 0.684. The van der Waals surface area contributed by atoms with Crippen LogP contribution in [0.5, 0.6) is 0 Å². The van der Waals surface area contributed by atoms with Gasteiger partial charge in [0.25, 0.3) is 0 Å². The van der Waals surface area contributed by atoms with E-state index in [0.717, 1.165) is 0 Å². The second-order valence-electron chi connectivity index (χ2n) is 5.77. The van der Waals surface area contributed by atoms with Crippen LogP contribution >= 0.6 is 0 Å². The minimum absolute atomic E-state index is 0.606. The predicted molar refractivity (Wildman–Crippen MR) is 84.6 cm³/mol. The van der Waals surface area contributed by atoms with Crippen molar-refractivity contribution in [3.05, 3.63) is 59.7 Å². The van der Waals surface area contributed by atoms with Gasteiger partial charge in [-0.3, -0.25) is 0 Å². The highest BCUT2D eigenvalue weighted by atomic mass is 15.1. The summed E-state index contributed by atoms with van der Waals surface area (Å²) in [7, 11) is 2.20. The Balaban J connectivity index is 1.86. The molecule has 2 heteroatoms. The Kier molecular flexibility index (Phi) is 3.86. The van der Waals surface area contributed by atoms with Crippen molar-refractivity contribution in [2.75, 3.05) is 20.1 Å². The van der Waals surface area contributed by atoms with Gasteiger partial charge in [0.05, 0.1) is 0 Å². The average Bonchev–Trinajstić information content (AvgIpc) is 2.94. The fourth-order valence-corrected chi connectivity index (χ4v) is 3.01. The van der Waals surface area contributed by atoms with Crippen LogP contribution in [0.4, 0.5) is 0 Å². The van der Waals surface area contributed by atoms with Crippen molar-refractivity contribution < 1.29 is 0 Å². The smallest absolute Gasteiger partial charge is 0.0178 e. The highest BCUT2D eigenvalue weighted by Gasteiger charge is 2.21. The van der Waals surface area contributed by atoms with Crippen LogP contribution in [0.25, 0.3) is 11.1 Å². The van der Waals surface area contributed by atoms with E-state index in [1.807, 2.05) is 0 Å². The zero-order chi connectivity index (χ0) is 13.9. The summed E-state index contributed by atoms with van der Waals surface area (Å²) < 4.78 is 0. The number of hydrogen-bond acceptors (Lipinski definition) is 2. The highest BCUT2D eigenvalue weighted by molar-refractivity contribution is 5.64. The summed E-state index contributed by atoms with van der Waals surface area (Å²) in [6, 6.07) is 17.6. The van der Waals surface area contributed by atoms with Crippen molar-refractivity contribution in [3.63, 3.8) is 0 Å². The van der Waals surface area contributed by atoms with Crippen LogP contribution in [0.1, 0.15) is 23.5 Å². The van der Waals surface area contributed by atoms with Crippen LogP contribution in [0.15, 0.2) is 48.5 Å². The predicted octanol–water partition coefficient (Wildman–Crippen LogP) is 3.23. The zero-order valence-electron chi connectivity index (χ0n) is 12.0. The van der Waals surface area contributed by atoms with Crippen molar-refractivity contribution in [3.8, 4) is 11.1 Å². The molecule has 0 amide bonds. The van der Waals surface area contributed by atoms with Crippen LogP contribution < -0.4 is 5.73 Å². The van der Waals surface area contributed by atoms with Gasteiger partial charge in [0, 0.05) is 13.1 Å². The zero-order valence-corrected chi connectivity index (χ0v) is 12.0. The maximum Gasteiger partial charge on any atom is 0.0178 e. The molecule has 1 atom stereocenters. The number of benzene rings is 2. The number of likely N-dealkylation sites (N-methyl/N-ethyl adjacent to an activating group) is 1. The Bertz CT molecular complexity index is 574. The van der Waals surface area contributed by atoms with E-state index < -0.39 is 0 Å². The van der Waals surface area contributed by atoms with Crippen molar-refractivity contribution in [2.45, 2.75) is 18.9 Å². The summed E-state index contributed by atoms with van der Waals surface area (Å²) >= 11 is 0. The lowest BCUT2D eigenvalue weighted by molar-refractivity contribution is 0.411. The van der Waals surface area contributed by atoms with Gasteiger partial charge in [-0.1, -0.05) is 48.5 Å². The largest absolute Gasteiger partial charge is 0.326 e. The molecule has 20 heavy (non-hydrogen) atoms. The lowest BCUT2D eigenvalue weighted by atomic mass is 9.94. The average molecular weight is 266 g/mol. The van der Waals surface area contributed by atoms with Gasteiger partial charge in [-0.25, -0.2) is 0 Å². The number of nitrogens with zero attached hydrogens (tertiary/aromatic N) is 1. The summed E-state index contributed by atoms with van der Waals surface area (Å²) in [5, 5.41) is 0. The summed E-state index contributed by atoms with van der Waals surface area (Å²) in [6.45, 7) is 2.99. The third-order valence-corrected chi connectivity index (χ3v) is 4.27. The topological polar surface area (TPSA) is 29.3 Å². The molecular weight excluding hydrogens is 244 g/mol. The minimum Gasteiger partial charge on any atom is -0.326 e. The molecule has 2 nitrogen and oxygen atoms in total. The molecule has 104 valence electrons. The molecule has 1 unspecified atom stereocenters. The van der Waals surface area contributed by atoms with E-state index in [0.29, 0.717) is 12.5 Å². The first-order chi connectivity index (χ1) is 9.76. The van der Waals surface area contributed by atoms with Gasteiger partial charge in [0.1, 0.15) is 0 Å². The second kappa shape index (κ2) is 5.78. The van der Waals surface area contributed by atoms with Crippen LogP contribution in [0.3, 0.4) is 0 Å². The quantitative estimate of drug-likeness (QED) is 0.924. The fourth-order valence-electron chi connectivity index (χ4n) is 3.01. The standard InChI is InChI=1S/C18H22N2/c1-20-10-9-18(13-20)17-4-2-3-16(11-17)15-7-5-14(12-19)6-8-15/h2-8,11,18H,9-10,12-13,19H2,1H3. The van der Waals surface area contributed by atoms with Gasteiger partial charge in [-0.2, -0.15) is 0 Å². The van der Waals surface area contributed by atoms with Crippen LogP contribution in [0.2, 0.25) is 0 Å². The normalized spacial score (nSPS) is 19.4. The van der Waals surface area contributed by atoms with Crippen LogP contribution in [0, 0.1) is 0 Å². The minimum atomic E-state index is 0.606. The van der Waals surface area contributed by atoms with Crippen LogP contribution in [-0.2, 0) is 6.54 Å². The van der Waals surface area contributed by atoms with Gasteiger partial charge in [-0.15, -0.1) is 0 Å². The Morgan fingerprint density at radius 3 is 2.55 bits per heavy atom. The fraction of sp³-hybridized carbons (Fsp3) is 0.333. The molecule has 2 N–H and O–H groups in total. The Morgan fingerprint density at radius 1 is 1.10 bits per heavy atom. The number of rotatable bonds is 3. The van der Waals surface area contributed by atoms with Gasteiger partial charge in [0.15, 0.2) is 0 Å². The summed E-state index contributed by atoms with van der Waals surface area (Å²) in [4.78, 5) is 2.41. The third kappa shape index (κ3) is 2.77. The molecule has 0 radical (unpaired) electrons. The number of hydrogen-bond donors (Lipinski definition) is 1. The number of nitrogens with two attached hydrogens (primary N) is 1. The molecule has 2 aromatic rings. The van der Waals surface area contributed by atoms with Crippen molar-refractivity contribution >= 4 is 0 Å². The molecular formula is C18H22N2. The van der Waals surface area contributed by atoms with Crippen molar-refractivity contribution in [1.29, 1.82) is 0 Å². The monoisotopic (exact) mass is 266 g/mol. The molecule has 0 bridgehead atoms. The molecule has 1 fully saturated rings. The first-order valence-corrected chi connectivity index (χ1v) is 7.34. The Morgan fingerprint density at radius 2 is 1.90 bits per heavy atom. The molecule has 1 aliphatic heterocycles. The van der Waals surface area contributed by atoms with Crippen molar-refractivity contribution in [2.24, 2.45) is 5.73 Å². The second-order valence-corrected chi connectivity index (χ2v) is 5.77. The molecule has 0 saturated carbocycles. The van der Waals surface area contributed by atoms with Gasteiger partial charge >= 0.3 is 0 Å². The first kappa shape index (κ1) is 13.3. The molecule has 1 saturated heterocycles. The van der Waals surface area contributed by atoms with E-state index in [9.17, 15) is 0 Å². The van der Waals surface area contributed by atoms with E-state index >= 15 is 0 Å². The Labute approximate surface area is 121 Å². The SMILES string of the molecule is CN1CCC(c2cccc(-c3ccc(CN)cc3)c2)C1. The molecule has 0 spiro atoms. The lowest BCUT2D eigenvalue weighted by Crippen LogP contribution is -2.13. The van der Waals surface area contributed by atoms with E-state index in [2.05, 4.69) is 60.5 Å². The maximum atomic E-state index is 5.65.